The summed E-state index contributed by atoms with van der Waals surface area (Å²) in [5.74, 6) is -0.814. The molecule has 2 aromatic carbocycles. The van der Waals surface area contributed by atoms with Crippen molar-refractivity contribution in [1.29, 1.82) is 0 Å². The van der Waals surface area contributed by atoms with E-state index in [0.717, 1.165) is 11.1 Å². The molecule has 3 aromatic rings. The minimum Gasteiger partial charge on any atom is -0.508 e. The fourth-order valence-corrected chi connectivity index (χ4v) is 3.36. The van der Waals surface area contributed by atoms with Gasteiger partial charge >= 0.3 is 0 Å². The molecule has 6 heteroatoms. The van der Waals surface area contributed by atoms with Crippen LogP contribution in [0.15, 0.2) is 47.9 Å². The Morgan fingerprint density at radius 3 is 2.17 bits per heavy atom. The lowest BCUT2D eigenvalue weighted by Gasteiger charge is -2.15. The zero-order chi connectivity index (χ0) is 27.8. The minimum absolute atomic E-state index is 0.0510. The van der Waals surface area contributed by atoms with Crippen LogP contribution in [-0.4, -0.2) is 21.4 Å². The lowest BCUT2D eigenvalue weighted by atomic mass is 9.97. The molecule has 0 unspecified atom stereocenters. The Hall–Kier alpha value is -2.63. The number of pyridine rings is 1. The first-order chi connectivity index (χ1) is 17.2. The lowest BCUT2D eigenvalue weighted by Crippen LogP contribution is -2.16. The second kappa shape index (κ2) is 17.7. The van der Waals surface area contributed by atoms with Crippen molar-refractivity contribution in [2.45, 2.75) is 80.7 Å². The first-order valence-electron chi connectivity index (χ1n) is 12.7. The van der Waals surface area contributed by atoms with Gasteiger partial charge in [0.25, 0.3) is 0 Å². The number of fused-ring (bicyclic) bond motifs is 1. The predicted molar refractivity (Wildman–Crippen MR) is 154 cm³/mol. The van der Waals surface area contributed by atoms with E-state index in [-0.39, 0.29) is 41.3 Å². The monoisotopic (exact) mass is 519 g/mol. The van der Waals surface area contributed by atoms with Crippen LogP contribution in [0.25, 0.3) is 16.7 Å². The number of unbranched alkanes of at least 4 members (excludes halogenated alkanes) is 1. The third kappa shape index (κ3) is 9.44. The van der Waals surface area contributed by atoms with Crippen LogP contribution in [0.1, 0.15) is 83.1 Å². The summed E-state index contributed by atoms with van der Waals surface area (Å²) in [5.41, 5.74) is 2.43. The first-order valence-corrected chi connectivity index (χ1v) is 13.1. The molecule has 1 aromatic heterocycles. The van der Waals surface area contributed by atoms with Gasteiger partial charge in [-0.05, 0) is 41.8 Å². The van der Waals surface area contributed by atoms with Crippen molar-refractivity contribution < 1.29 is 14.6 Å². The maximum atomic E-state index is 14.3. The molecule has 0 saturated carbocycles. The molecule has 0 aliphatic rings. The molecule has 0 atom stereocenters. The number of aryl methyl sites for hydroxylation is 1. The number of nitrogens with zero attached hydrogens (tertiary/aromatic N) is 1. The first kappa shape index (κ1) is 33.4. The number of aliphatic hydroxyl groups excluding tert-OH is 2. The van der Waals surface area contributed by atoms with Crippen LogP contribution in [0.5, 0.6) is 0 Å². The van der Waals surface area contributed by atoms with E-state index in [4.69, 9.17) is 11.6 Å². The number of hydrogen-bond acceptors (Lipinski definition) is 3. The van der Waals surface area contributed by atoms with Gasteiger partial charge in [0, 0.05) is 24.5 Å². The molecule has 36 heavy (non-hydrogen) atoms. The highest BCUT2D eigenvalue weighted by molar-refractivity contribution is 6.30. The summed E-state index contributed by atoms with van der Waals surface area (Å²) in [4.78, 5) is 12.8. The van der Waals surface area contributed by atoms with Crippen LogP contribution in [0, 0.1) is 12.7 Å². The number of benzene rings is 2. The van der Waals surface area contributed by atoms with Gasteiger partial charge in [-0.2, -0.15) is 0 Å². The Labute approximate surface area is 221 Å². The highest BCUT2D eigenvalue weighted by Crippen LogP contribution is 2.25. The summed E-state index contributed by atoms with van der Waals surface area (Å²) in [7, 11) is 0. The second-order valence-corrected chi connectivity index (χ2v) is 8.54. The molecule has 1 heterocycles. The van der Waals surface area contributed by atoms with Crippen LogP contribution < -0.4 is 5.43 Å². The number of aromatic nitrogens is 1. The van der Waals surface area contributed by atoms with Gasteiger partial charge in [0.1, 0.15) is 11.6 Å². The molecule has 0 saturated heterocycles. The number of aliphatic hydroxyl groups is 2. The zero-order valence-electron chi connectivity index (χ0n) is 22.9. The Balaban J connectivity index is 0.00000119. The maximum Gasteiger partial charge on any atom is 0.200 e. The van der Waals surface area contributed by atoms with Crippen LogP contribution in [-0.2, 0) is 13.0 Å². The van der Waals surface area contributed by atoms with E-state index in [9.17, 15) is 19.4 Å². The summed E-state index contributed by atoms with van der Waals surface area (Å²) in [5, 5.41) is 19.5. The van der Waals surface area contributed by atoms with Crippen LogP contribution >= 0.6 is 11.6 Å². The van der Waals surface area contributed by atoms with Crippen LogP contribution in [0.2, 0.25) is 5.02 Å². The Kier molecular flexibility index (Phi) is 16.4. The van der Waals surface area contributed by atoms with E-state index >= 15 is 0 Å². The van der Waals surface area contributed by atoms with E-state index in [1.807, 2.05) is 26.8 Å². The summed E-state index contributed by atoms with van der Waals surface area (Å²) in [6, 6.07) is 8.35. The third-order valence-corrected chi connectivity index (χ3v) is 5.39. The molecule has 3 rings (SSSR count). The summed E-state index contributed by atoms with van der Waals surface area (Å²) in [6.45, 7) is 18.1. The van der Waals surface area contributed by atoms with Crippen LogP contribution in [0.4, 0.5) is 4.39 Å². The van der Waals surface area contributed by atoms with E-state index in [0.29, 0.717) is 16.5 Å². The molecular weight excluding hydrogens is 477 g/mol. The van der Waals surface area contributed by atoms with Crippen molar-refractivity contribution >= 4 is 28.3 Å². The highest BCUT2D eigenvalue weighted by atomic mass is 35.5. The summed E-state index contributed by atoms with van der Waals surface area (Å²) >= 11 is 5.86. The topological polar surface area (TPSA) is 62.5 Å². The maximum absolute atomic E-state index is 14.3. The Morgan fingerprint density at radius 1 is 1.08 bits per heavy atom. The summed E-state index contributed by atoms with van der Waals surface area (Å²) < 4.78 is 16.0. The van der Waals surface area contributed by atoms with Gasteiger partial charge in [-0.15, -0.1) is 0 Å². The fourth-order valence-electron chi connectivity index (χ4n) is 3.17. The largest absolute Gasteiger partial charge is 0.508 e. The third-order valence-electron chi connectivity index (χ3n) is 5.10. The Morgan fingerprint density at radius 2 is 1.67 bits per heavy atom. The molecule has 200 valence electrons. The van der Waals surface area contributed by atoms with Gasteiger partial charge in [-0.25, -0.2) is 4.39 Å². The molecule has 4 nitrogen and oxygen atoms in total. The second-order valence-electron chi connectivity index (χ2n) is 8.13. The van der Waals surface area contributed by atoms with Crippen molar-refractivity contribution in [2.24, 2.45) is 0 Å². The van der Waals surface area contributed by atoms with Crippen molar-refractivity contribution in [3.05, 3.63) is 86.4 Å². The van der Waals surface area contributed by atoms with E-state index in [2.05, 4.69) is 34.3 Å². The van der Waals surface area contributed by atoms with E-state index < -0.39 is 5.82 Å². The van der Waals surface area contributed by atoms with Gasteiger partial charge < -0.3 is 14.8 Å². The van der Waals surface area contributed by atoms with Gasteiger partial charge in [-0.3, -0.25) is 4.79 Å². The van der Waals surface area contributed by atoms with E-state index in [1.54, 1.807) is 22.8 Å². The molecule has 0 fully saturated rings. The molecular formula is C30H43ClFNO3. The normalized spacial score (nSPS) is 9.83. The molecule has 2 N–H and O–H groups in total. The smallest absolute Gasteiger partial charge is 0.200 e. The highest BCUT2D eigenvalue weighted by Gasteiger charge is 2.15. The Bertz CT molecular complexity index is 1150. The summed E-state index contributed by atoms with van der Waals surface area (Å²) in [6.07, 6.45) is 5.65. The van der Waals surface area contributed by atoms with Crippen molar-refractivity contribution in [2.75, 3.05) is 6.61 Å². The molecule has 0 amide bonds. The molecule has 0 bridgehead atoms. The SMILES string of the molecule is C=C(O)c1cn(CCO)c2cc(C)c(Cc3cccc(Cl)c3F)cc2c1=O.CC.CCC.CCCC. The predicted octanol–water partition coefficient (Wildman–Crippen LogP) is 8.46. The molecule has 0 spiro atoms. The van der Waals surface area contributed by atoms with Crippen LogP contribution in [0.3, 0.4) is 0 Å². The van der Waals surface area contributed by atoms with Crippen molar-refractivity contribution in [3.8, 4) is 0 Å². The van der Waals surface area contributed by atoms with E-state index in [1.165, 1.54) is 31.5 Å². The minimum atomic E-state index is -0.478. The quantitative estimate of drug-likeness (QED) is 0.321. The average molecular weight is 520 g/mol. The zero-order valence-corrected chi connectivity index (χ0v) is 23.7. The molecule has 0 aliphatic carbocycles. The van der Waals surface area contributed by atoms with Crippen molar-refractivity contribution in [3.63, 3.8) is 0 Å². The fraction of sp³-hybridized carbons (Fsp3) is 0.433. The van der Waals surface area contributed by atoms with Gasteiger partial charge in [0.15, 0.2) is 5.43 Å². The average Bonchev–Trinajstić information content (AvgIpc) is 2.86. The standard InChI is InChI=1S/C21H19ClFNO3.C4H10.C3H8.C2H6/c1-12-8-19-16(21(27)17(13(2)26)11-24(19)6-7-25)10-15(12)9-14-4-3-5-18(22)20(14)23;1-3-4-2;1-3-2;1-2/h3-5,8,10-11,25-26H,2,6-7,9H2,1H3;3-4H2,1-2H3;3H2,1-2H3;1-2H3. The van der Waals surface area contributed by atoms with Gasteiger partial charge in [0.2, 0.25) is 0 Å². The molecule has 0 aliphatic heterocycles. The van der Waals surface area contributed by atoms with Gasteiger partial charge in [0.05, 0.1) is 22.7 Å². The molecule has 0 radical (unpaired) electrons. The number of rotatable bonds is 6. The van der Waals surface area contributed by atoms with Gasteiger partial charge in [-0.1, -0.05) is 91.1 Å². The number of halogens is 2. The van der Waals surface area contributed by atoms with Crippen molar-refractivity contribution in [1.82, 2.24) is 4.57 Å². The lowest BCUT2D eigenvalue weighted by molar-refractivity contribution is 0.277. The number of hydrogen-bond donors (Lipinski definition) is 2.